The summed E-state index contributed by atoms with van der Waals surface area (Å²) in [6.45, 7) is 4.30. The third kappa shape index (κ3) is 6.97. The number of halogens is 2. The number of methoxy groups -OCH3 is 1. The van der Waals surface area contributed by atoms with Crippen molar-refractivity contribution in [1.82, 2.24) is 33.7 Å². The fourth-order valence-electron chi connectivity index (χ4n) is 5.62. The van der Waals surface area contributed by atoms with Gasteiger partial charge in [0.1, 0.15) is 11.3 Å². The normalized spacial score (nSPS) is 17.1. The third-order valence-electron chi connectivity index (χ3n) is 7.75. The number of hydrogen-bond acceptors (Lipinski definition) is 11. The van der Waals surface area contributed by atoms with Gasteiger partial charge in [0.2, 0.25) is 27.9 Å². The Morgan fingerprint density at radius 2 is 1.60 bits per heavy atom. The van der Waals surface area contributed by atoms with Crippen LogP contribution in [0.4, 0.5) is 20.7 Å². The maximum absolute atomic E-state index is 14.4. The molecule has 5 rings (SSSR count). The molecule has 2 aliphatic heterocycles. The van der Waals surface area contributed by atoms with Gasteiger partial charge >= 0.3 is 0 Å². The number of hydrogen-bond donors (Lipinski definition) is 0. The van der Waals surface area contributed by atoms with Gasteiger partial charge in [-0.05, 0) is 52.0 Å². The molecule has 4 heterocycles. The van der Waals surface area contributed by atoms with Crippen LogP contribution in [0, 0.1) is 0 Å². The first-order chi connectivity index (χ1) is 20.6. The summed E-state index contributed by atoms with van der Waals surface area (Å²) in [6.07, 6.45) is 0.255. The minimum atomic E-state index is -3.40. The van der Waals surface area contributed by atoms with Crippen molar-refractivity contribution >= 4 is 33.0 Å². The van der Waals surface area contributed by atoms with E-state index < -0.39 is 22.3 Å². The van der Waals surface area contributed by atoms with E-state index in [1.54, 1.807) is 22.5 Å². The predicted octanol–water partition coefficient (Wildman–Crippen LogP) is 2.18. The molecule has 43 heavy (non-hydrogen) atoms. The van der Waals surface area contributed by atoms with Crippen LogP contribution in [-0.2, 0) is 14.8 Å². The summed E-state index contributed by atoms with van der Waals surface area (Å²) in [7, 11) is 1.99. The first-order valence-electron chi connectivity index (χ1n) is 14.4. The number of aromatic nitrogens is 5. The highest BCUT2D eigenvalue weighted by Gasteiger charge is 2.32. The number of rotatable bonds is 11. The van der Waals surface area contributed by atoms with Crippen LogP contribution in [0.2, 0.25) is 0 Å². The monoisotopic (exact) mass is 623 g/mol. The molecule has 0 amide bonds. The van der Waals surface area contributed by atoms with E-state index >= 15 is 0 Å². The summed E-state index contributed by atoms with van der Waals surface area (Å²) >= 11 is 0. The zero-order valence-corrected chi connectivity index (χ0v) is 25.8. The fraction of sp³-hybridized carbons (Fsp3) is 0.630. The summed E-state index contributed by atoms with van der Waals surface area (Å²) in [5.41, 5.74) is 0.672. The molecule has 3 aromatic rings. The van der Waals surface area contributed by atoms with E-state index in [0.717, 1.165) is 13.0 Å². The van der Waals surface area contributed by atoms with Crippen LogP contribution in [-0.4, -0.2) is 128 Å². The largest absolute Gasteiger partial charge is 0.494 e. The molecule has 0 N–H and O–H groups in total. The van der Waals surface area contributed by atoms with Crippen LogP contribution >= 0.6 is 0 Å². The number of anilines is 2. The van der Waals surface area contributed by atoms with Gasteiger partial charge in [-0.3, -0.25) is 4.57 Å². The van der Waals surface area contributed by atoms with Gasteiger partial charge < -0.3 is 24.2 Å². The Labute approximate surface area is 250 Å². The van der Waals surface area contributed by atoms with Crippen LogP contribution < -0.4 is 14.5 Å². The van der Waals surface area contributed by atoms with Crippen molar-refractivity contribution in [3.8, 4) is 11.7 Å². The second-order valence-electron chi connectivity index (χ2n) is 11.0. The van der Waals surface area contributed by atoms with Gasteiger partial charge in [0, 0.05) is 38.8 Å². The molecule has 0 aliphatic carbocycles. The number of piperidine rings is 1. The second kappa shape index (κ2) is 13.2. The van der Waals surface area contributed by atoms with Crippen molar-refractivity contribution < 1.29 is 26.7 Å². The number of ether oxygens (including phenoxy) is 2. The Bertz CT molecular complexity index is 1510. The molecule has 0 atom stereocenters. The zero-order chi connectivity index (χ0) is 30.7. The number of imidazole rings is 1. The number of para-hydroxylation sites is 1. The highest BCUT2D eigenvalue weighted by atomic mass is 32.2. The topological polar surface area (TPSA) is 122 Å². The van der Waals surface area contributed by atoms with Crippen molar-refractivity contribution in [3.05, 3.63) is 24.0 Å². The zero-order valence-electron chi connectivity index (χ0n) is 25.0. The van der Waals surface area contributed by atoms with Crippen LogP contribution in [0.25, 0.3) is 17.0 Å². The van der Waals surface area contributed by atoms with E-state index in [1.807, 2.05) is 28.8 Å². The fourth-order valence-corrected chi connectivity index (χ4v) is 6.83. The number of alkyl halides is 2. The average molecular weight is 624 g/mol. The molecular weight excluding hydrogens is 584 g/mol. The highest BCUT2D eigenvalue weighted by Crippen LogP contribution is 2.33. The molecule has 0 spiro atoms. The SMILES string of the molecule is COc1cccc2c1nc(C(F)F)n2-c1nc(N2CCOCC2)nc(N2CCC(N(CCCN(C)C)S(C)(=O)=O)CC2)n1. The predicted molar refractivity (Wildman–Crippen MR) is 159 cm³/mol. The van der Waals surface area contributed by atoms with Crippen LogP contribution in [0.3, 0.4) is 0 Å². The van der Waals surface area contributed by atoms with Gasteiger partial charge in [0.15, 0.2) is 5.82 Å². The summed E-state index contributed by atoms with van der Waals surface area (Å²) in [5, 5.41) is 0. The van der Waals surface area contributed by atoms with E-state index in [9.17, 15) is 17.2 Å². The Hall–Kier alpha value is -3.21. The summed E-state index contributed by atoms with van der Waals surface area (Å²) in [5.74, 6) is 0.597. The molecule has 0 radical (unpaired) electrons. The Morgan fingerprint density at radius 1 is 0.977 bits per heavy atom. The van der Waals surface area contributed by atoms with Gasteiger partial charge in [-0.1, -0.05) is 6.07 Å². The van der Waals surface area contributed by atoms with Gasteiger partial charge in [-0.25, -0.2) is 22.2 Å². The molecule has 0 bridgehead atoms. The van der Waals surface area contributed by atoms with Gasteiger partial charge in [0.05, 0.1) is 32.1 Å². The van der Waals surface area contributed by atoms with Crippen LogP contribution in [0.5, 0.6) is 5.75 Å². The molecule has 0 saturated carbocycles. The van der Waals surface area contributed by atoms with Gasteiger partial charge in [-0.15, -0.1) is 0 Å². The lowest BCUT2D eigenvalue weighted by atomic mass is 10.1. The van der Waals surface area contributed by atoms with Crippen molar-refractivity contribution in [3.63, 3.8) is 0 Å². The van der Waals surface area contributed by atoms with Crippen molar-refractivity contribution in [1.29, 1.82) is 0 Å². The average Bonchev–Trinajstić information content (AvgIpc) is 3.39. The van der Waals surface area contributed by atoms with Crippen LogP contribution in [0.15, 0.2) is 18.2 Å². The van der Waals surface area contributed by atoms with Crippen molar-refractivity contribution in [2.75, 3.05) is 89.7 Å². The minimum Gasteiger partial charge on any atom is -0.494 e. The summed E-state index contributed by atoms with van der Waals surface area (Å²) in [6, 6.07) is 4.90. The molecule has 0 unspecified atom stereocenters. The first-order valence-corrected chi connectivity index (χ1v) is 16.2. The van der Waals surface area contributed by atoms with E-state index in [1.165, 1.54) is 17.9 Å². The summed E-state index contributed by atoms with van der Waals surface area (Å²) < 4.78 is 67.8. The lowest BCUT2D eigenvalue weighted by molar-refractivity contribution is 0.122. The number of sulfonamides is 1. The number of benzene rings is 1. The molecule has 13 nitrogen and oxygen atoms in total. The molecule has 2 aromatic heterocycles. The Kier molecular flexibility index (Phi) is 9.58. The van der Waals surface area contributed by atoms with E-state index in [-0.39, 0.29) is 17.5 Å². The smallest absolute Gasteiger partial charge is 0.296 e. The Balaban J connectivity index is 1.49. The number of morpholine rings is 1. The molecule has 236 valence electrons. The third-order valence-corrected chi connectivity index (χ3v) is 9.08. The second-order valence-corrected chi connectivity index (χ2v) is 13.0. The molecule has 2 aliphatic rings. The minimum absolute atomic E-state index is 0.0288. The van der Waals surface area contributed by atoms with E-state index in [0.29, 0.717) is 81.9 Å². The lowest BCUT2D eigenvalue weighted by Gasteiger charge is -2.37. The van der Waals surface area contributed by atoms with Crippen molar-refractivity contribution in [2.45, 2.75) is 31.7 Å². The molecular formula is C27H39F2N9O4S. The van der Waals surface area contributed by atoms with Crippen molar-refractivity contribution in [2.24, 2.45) is 0 Å². The Morgan fingerprint density at radius 3 is 2.19 bits per heavy atom. The van der Waals surface area contributed by atoms with Crippen LogP contribution in [0.1, 0.15) is 31.5 Å². The number of fused-ring (bicyclic) bond motifs is 1. The first kappa shape index (κ1) is 31.2. The molecule has 1 aromatic carbocycles. The lowest BCUT2D eigenvalue weighted by Crippen LogP contribution is -2.48. The number of nitrogens with zero attached hydrogens (tertiary/aromatic N) is 9. The molecule has 2 saturated heterocycles. The maximum atomic E-state index is 14.4. The molecule has 16 heteroatoms. The van der Waals surface area contributed by atoms with E-state index in [2.05, 4.69) is 15.0 Å². The standard InChI is InChI=1S/C27H39F2N9O4S/c1-34(2)11-6-12-37(43(4,39)40)19-9-13-35(14-10-19)25-31-26(36-15-17-42-18-16-36)33-27(32-25)38-20-7-5-8-21(41-3)22(20)30-24(38)23(28)29/h5,7-8,19,23H,6,9-18H2,1-4H3. The van der Waals surface area contributed by atoms with Gasteiger partial charge in [-0.2, -0.15) is 19.3 Å². The van der Waals surface area contributed by atoms with Gasteiger partial charge in [0.25, 0.3) is 6.43 Å². The quantitative estimate of drug-likeness (QED) is 0.312. The molecule has 2 fully saturated rings. The maximum Gasteiger partial charge on any atom is 0.296 e. The highest BCUT2D eigenvalue weighted by molar-refractivity contribution is 7.88. The van der Waals surface area contributed by atoms with E-state index in [4.69, 9.17) is 14.5 Å². The summed E-state index contributed by atoms with van der Waals surface area (Å²) in [4.78, 5) is 24.2.